The summed E-state index contributed by atoms with van der Waals surface area (Å²) in [7, 11) is 0. The lowest BCUT2D eigenvalue weighted by Crippen LogP contribution is -2.11. The van der Waals surface area contributed by atoms with Gasteiger partial charge < -0.3 is 14.2 Å². The lowest BCUT2D eigenvalue weighted by Gasteiger charge is -2.00. The lowest BCUT2D eigenvalue weighted by atomic mass is 10.2. The Balaban J connectivity index is 1.54. The summed E-state index contributed by atoms with van der Waals surface area (Å²) in [6.07, 6.45) is 2.87. The largest absolute Gasteiger partial charge is 0.454 e. The zero-order valence-electron chi connectivity index (χ0n) is 11.8. The molecule has 1 aromatic heterocycles. The number of ketones is 1. The van der Waals surface area contributed by atoms with E-state index in [1.807, 2.05) is 0 Å². The molecule has 2 heterocycles. The van der Waals surface area contributed by atoms with E-state index in [4.69, 9.17) is 14.2 Å². The third-order valence-corrected chi connectivity index (χ3v) is 4.67. The second-order valence-corrected chi connectivity index (χ2v) is 7.04. The summed E-state index contributed by atoms with van der Waals surface area (Å²) < 4.78 is 16.3. The third kappa shape index (κ3) is 4.00. The van der Waals surface area contributed by atoms with Gasteiger partial charge in [-0.25, -0.2) is 4.79 Å². The molecule has 0 N–H and O–H groups in total. The highest BCUT2D eigenvalue weighted by Gasteiger charge is 2.13. The molecular formula is C16H11BrO5S. The fourth-order valence-electron chi connectivity index (χ4n) is 1.90. The minimum atomic E-state index is -0.577. The number of thiophene rings is 1. The summed E-state index contributed by atoms with van der Waals surface area (Å²) in [5.41, 5.74) is 0.778. The fraction of sp³-hybridized carbons (Fsp3) is 0.125. The van der Waals surface area contributed by atoms with Crippen molar-refractivity contribution in [3.63, 3.8) is 0 Å². The highest BCUT2D eigenvalue weighted by Crippen LogP contribution is 2.32. The molecule has 118 valence electrons. The Kier molecular flexibility index (Phi) is 4.78. The van der Waals surface area contributed by atoms with Gasteiger partial charge in [0.2, 0.25) is 12.6 Å². The second-order valence-electron chi connectivity index (χ2n) is 4.58. The molecule has 0 amide bonds. The summed E-state index contributed by atoms with van der Waals surface area (Å²) in [6.45, 7) is -0.0806. The van der Waals surface area contributed by atoms with Crippen LogP contribution in [-0.2, 0) is 9.53 Å². The number of halogens is 1. The van der Waals surface area contributed by atoms with Gasteiger partial charge in [-0.3, -0.25) is 4.79 Å². The second kappa shape index (κ2) is 6.97. The Hall–Kier alpha value is -2.12. The van der Waals surface area contributed by atoms with Crippen molar-refractivity contribution in [2.75, 3.05) is 13.4 Å². The van der Waals surface area contributed by atoms with Crippen molar-refractivity contribution in [1.82, 2.24) is 0 Å². The Morgan fingerprint density at radius 2 is 2.04 bits per heavy atom. The fourth-order valence-corrected chi connectivity index (χ4v) is 3.21. The average Bonchev–Trinajstić information content (AvgIpc) is 3.18. The van der Waals surface area contributed by atoms with Crippen LogP contribution in [0.2, 0.25) is 0 Å². The number of Topliss-reactive ketones (excluding diaryl/α,β-unsaturated/α-hetero) is 1. The lowest BCUT2D eigenvalue weighted by molar-refractivity contribution is -0.136. The van der Waals surface area contributed by atoms with Gasteiger partial charge in [0, 0.05) is 6.08 Å². The van der Waals surface area contributed by atoms with E-state index in [2.05, 4.69) is 15.9 Å². The monoisotopic (exact) mass is 394 g/mol. The first-order chi connectivity index (χ1) is 11.1. The van der Waals surface area contributed by atoms with Gasteiger partial charge >= 0.3 is 5.97 Å². The van der Waals surface area contributed by atoms with Crippen molar-refractivity contribution in [1.29, 1.82) is 0 Å². The van der Waals surface area contributed by atoms with E-state index in [1.165, 1.54) is 17.4 Å². The van der Waals surface area contributed by atoms with E-state index < -0.39 is 5.97 Å². The van der Waals surface area contributed by atoms with Crippen molar-refractivity contribution in [2.24, 2.45) is 0 Å². The predicted octanol–water partition coefficient (Wildman–Crippen LogP) is 3.68. The standard InChI is InChI=1S/C16H11BrO5S/c17-15-5-4-14(23-15)11(18)8-20-16(19)6-2-10-1-3-12-13(7-10)22-9-21-12/h1-7H,8-9H2. The molecule has 7 heteroatoms. The molecule has 0 fully saturated rings. The Morgan fingerprint density at radius 3 is 2.83 bits per heavy atom. The zero-order valence-corrected chi connectivity index (χ0v) is 14.2. The van der Waals surface area contributed by atoms with Gasteiger partial charge in [-0.15, -0.1) is 11.3 Å². The number of carbonyl (C=O) groups is 2. The SMILES string of the molecule is O=C(C=Cc1ccc2c(c1)OCO2)OCC(=O)c1ccc(Br)s1. The third-order valence-electron chi connectivity index (χ3n) is 3.00. The topological polar surface area (TPSA) is 61.8 Å². The van der Waals surface area contributed by atoms with Gasteiger partial charge in [-0.2, -0.15) is 0 Å². The summed E-state index contributed by atoms with van der Waals surface area (Å²) in [5.74, 6) is 0.508. The van der Waals surface area contributed by atoms with Gasteiger partial charge in [-0.1, -0.05) is 6.07 Å². The Morgan fingerprint density at radius 1 is 1.22 bits per heavy atom. The van der Waals surface area contributed by atoms with E-state index in [0.717, 1.165) is 9.35 Å². The van der Waals surface area contributed by atoms with Crippen LogP contribution < -0.4 is 9.47 Å². The van der Waals surface area contributed by atoms with E-state index in [0.29, 0.717) is 16.4 Å². The van der Waals surface area contributed by atoms with Crippen LogP contribution in [0.3, 0.4) is 0 Å². The van der Waals surface area contributed by atoms with Gasteiger partial charge in [0.15, 0.2) is 18.1 Å². The molecule has 1 aliphatic rings. The summed E-state index contributed by atoms with van der Waals surface area (Å²) in [4.78, 5) is 24.0. The van der Waals surface area contributed by atoms with Crippen LogP contribution in [0.4, 0.5) is 0 Å². The number of carbonyl (C=O) groups excluding carboxylic acids is 2. The van der Waals surface area contributed by atoms with Crippen LogP contribution in [0.25, 0.3) is 6.08 Å². The van der Waals surface area contributed by atoms with Gasteiger partial charge in [0.25, 0.3) is 0 Å². The molecule has 0 saturated carbocycles. The summed E-state index contributed by atoms with van der Waals surface area (Å²) in [5, 5.41) is 0. The van der Waals surface area contributed by atoms with Crippen LogP contribution >= 0.6 is 27.3 Å². The number of benzene rings is 1. The Bertz CT molecular complexity index is 781. The van der Waals surface area contributed by atoms with Crippen molar-refractivity contribution in [3.05, 3.63) is 50.6 Å². The highest BCUT2D eigenvalue weighted by atomic mass is 79.9. The first kappa shape index (κ1) is 15.8. The first-order valence-electron chi connectivity index (χ1n) is 6.65. The van der Waals surface area contributed by atoms with Crippen LogP contribution in [0.5, 0.6) is 11.5 Å². The van der Waals surface area contributed by atoms with Crippen molar-refractivity contribution < 1.29 is 23.8 Å². The van der Waals surface area contributed by atoms with Gasteiger partial charge in [-0.05, 0) is 51.8 Å². The molecule has 0 atom stereocenters. The predicted molar refractivity (Wildman–Crippen MR) is 88.9 cm³/mol. The number of fused-ring (bicyclic) bond motifs is 1. The van der Waals surface area contributed by atoms with Crippen molar-refractivity contribution in [3.8, 4) is 11.5 Å². The molecule has 0 spiro atoms. The summed E-state index contributed by atoms with van der Waals surface area (Å²) in [6, 6.07) is 8.80. The smallest absolute Gasteiger partial charge is 0.331 e. The molecule has 0 unspecified atom stereocenters. The molecule has 0 radical (unpaired) electrons. The number of esters is 1. The molecule has 5 nitrogen and oxygen atoms in total. The van der Waals surface area contributed by atoms with E-state index in [1.54, 1.807) is 36.4 Å². The molecule has 3 rings (SSSR count). The molecule has 2 aromatic rings. The molecule has 23 heavy (non-hydrogen) atoms. The molecule has 0 aliphatic carbocycles. The number of hydrogen-bond donors (Lipinski definition) is 0. The molecule has 1 aromatic carbocycles. The minimum Gasteiger partial charge on any atom is -0.454 e. The van der Waals surface area contributed by atoms with Gasteiger partial charge in [0.1, 0.15) is 0 Å². The number of rotatable bonds is 5. The molecular weight excluding hydrogens is 384 g/mol. The normalized spacial score (nSPS) is 12.6. The quantitative estimate of drug-likeness (QED) is 0.439. The molecule has 1 aliphatic heterocycles. The number of ether oxygens (including phenoxy) is 3. The number of hydrogen-bond acceptors (Lipinski definition) is 6. The Labute approximate surface area is 144 Å². The minimum absolute atomic E-state index is 0.200. The maximum atomic E-state index is 11.8. The van der Waals surface area contributed by atoms with E-state index in [-0.39, 0.29) is 19.2 Å². The highest BCUT2D eigenvalue weighted by molar-refractivity contribution is 9.11. The van der Waals surface area contributed by atoms with Crippen molar-refractivity contribution >= 4 is 45.1 Å². The van der Waals surface area contributed by atoms with Gasteiger partial charge in [0.05, 0.1) is 8.66 Å². The van der Waals surface area contributed by atoms with Crippen LogP contribution in [-0.4, -0.2) is 25.2 Å². The maximum Gasteiger partial charge on any atom is 0.331 e. The summed E-state index contributed by atoms with van der Waals surface area (Å²) >= 11 is 4.58. The first-order valence-corrected chi connectivity index (χ1v) is 8.26. The van der Waals surface area contributed by atoms with Crippen LogP contribution in [0, 0.1) is 0 Å². The van der Waals surface area contributed by atoms with Crippen LogP contribution in [0.1, 0.15) is 15.2 Å². The average molecular weight is 395 g/mol. The maximum absolute atomic E-state index is 11.8. The van der Waals surface area contributed by atoms with Crippen LogP contribution in [0.15, 0.2) is 40.2 Å². The van der Waals surface area contributed by atoms with E-state index >= 15 is 0 Å². The molecule has 0 bridgehead atoms. The zero-order chi connectivity index (χ0) is 16.2. The van der Waals surface area contributed by atoms with Crippen molar-refractivity contribution in [2.45, 2.75) is 0 Å². The molecule has 0 saturated heterocycles. The van der Waals surface area contributed by atoms with E-state index in [9.17, 15) is 9.59 Å².